The van der Waals surface area contributed by atoms with Gasteiger partial charge < -0.3 is 10.1 Å². The Labute approximate surface area is 158 Å². The quantitative estimate of drug-likeness (QED) is 0.548. The standard InChI is InChI=1S/C19H22N4O3S/c1-12-6-8-17-15(11-20-23(17)3)19(12)22-13(2)21-16-10-14(27(5,24)25)7-9-18(16)26-4/h6-11H,1-5H3,(H,21,22). The first-order valence-electron chi connectivity index (χ1n) is 8.32. The molecule has 0 amide bonds. The van der Waals surface area contributed by atoms with E-state index in [0.29, 0.717) is 17.3 Å². The van der Waals surface area contributed by atoms with Crippen molar-refractivity contribution in [3.05, 3.63) is 42.1 Å². The molecular weight excluding hydrogens is 364 g/mol. The Morgan fingerprint density at radius 1 is 1.26 bits per heavy atom. The number of nitrogens with zero attached hydrogens (tertiary/aromatic N) is 3. The van der Waals surface area contributed by atoms with Crippen molar-refractivity contribution in [3.63, 3.8) is 0 Å². The lowest BCUT2D eigenvalue weighted by Gasteiger charge is -2.13. The predicted molar refractivity (Wildman–Crippen MR) is 108 cm³/mol. The van der Waals surface area contributed by atoms with Gasteiger partial charge in [-0.3, -0.25) is 4.68 Å². The molecular formula is C19H22N4O3S. The molecule has 27 heavy (non-hydrogen) atoms. The summed E-state index contributed by atoms with van der Waals surface area (Å²) in [6, 6.07) is 8.70. The number of amidine groups is 1. The maximum atomic E-state index is 11.8. The topological polar surface area (TPSA) is 85.6 Å². The Morgan fingerprint density at radius 3 is 2.67 bits per heavy atom. The van der Waals surface area contributed by atoms with Gasteiger partial charge >= 0.3 is 0 Å². The van der Waals surface area contributed by atoms with E-state index in [1.807, 2.05) is 33.0 Å². The smallest absolute Gasteiger partial charge is 0.175 e. The molecule has 1 aromatic heterocycles. The van der Waals surface area contributed by atoms with Crippen LogP contribution in [0.3, 0.4) is 0 Å². The van der Waals surface area contributed by atoms with Crippen LogP contribution >= 0.6 is 0 Å². The van der Waals surface area contributed by atoms with Crippen molar-refractivity contribution >= 4 is 38.0 Å². The molecule has 0 atom stereocenters. The first-order chi connectivity index (χ1) is 12.7. The highest BCUT2D eigenvalue weighted by atomic mass is 32.2. The average molecular weight is 386 g/mol. The van der Waals surface area contributed by atoms with E-state index in [-0.39, 0.29) is 4.90 Å². The number of methoxy groups -OCH3 is 1. The molecule has 0 unspecified atom stereocenters. The molecule has 0 bridgehead atoms. The molecule has 0 radical (unpaired) electrons. The second-order valence-corrected chi connectivity index (χ2v) is 8.40. The SMILES string of the molecule is COc1ccc(S(C)(=O)=O)cc1NC(C)=Nc1c(C)ccc2c1cnn2C. The van der Waals surface area contributed by atoms with Crippen LogP contribution in [0.2, 0.25) is 0 Å². The summed E-state index contributed by atoms with van der Waals surface area (Å²) < 4.78 is 30.8. The third-order valence-corrected chi connectivity index (χ3v) is 5.41. The van der Waals surface area contributed by atoms with Crippen LogP contribution in [0.4, 0.5) is 11.4 Å². The minimum atomic E-state index is -3.32. The van der Waals surface area contributed by atoms with Crippen LogP contribution < -0.4 is 10.1 Å². The first-order valence-corrected chi connectivity index (χ1v) is 10.2. The maximum absolute atomic E-state index is 11.8. The minimum absolute atomic E-state index is 0.212. The number of rotatable bonds is 4. The van der Waals surface area contributed by atoms with E-state index in [2.05, 4.69) is 10.4 Å². The number of anilines is 1. The number of benzene rings is 2. The number of ether oxygens (including phenoxy) is 1. The van der Waals surface area contributed by atoms with Crippen molar-refractivity contribution in [3.8, 4) is 5.75 Å². The number of aliphatic imine (C=N–C) groups is 1. The van der Waals surface area contributed by atoms with Gasteiger partial charge in [0.15, 0.2) is 9.84 Å². The number of hydrogen-bond donors (Lipinski definition) is 1. The summed E-state index contributed by atoms with van der Waals surface area (Å²) in [5.41, 5.74) is 3.37. The van der Waals surface area contributed by atoms with Gasteiger partial charge in [0, 0.05) is 18.7 Å². The highest BCUT2D eigenvalue weighted by molar-refractivity contribution is 7.90. The van der Waals surface area contributed by atoms with E-state index >= 15 is 0 Å². The van der Waals surface area contributed by atoms with Crippen molar-refractivity contribution in [1.29, 1.82) is 0 Å². The molecule has 0 saturated carbocycles. The number of aryl methyl sites for hydroxylation is 2. The van der Waals surface area contributed by atoms with Crippen LogP contribution in [0.15, 0.2) is 46.4 Å². The van der Waals surface area contributed by atoms with E-state index in [1.165, 1.54) is 19.4 Å². The normalized spacial score (nSPS) is 12.4. The summed E-state index contributed by atoms with van der Waals surface area (Å²) in [5.74, 6) is 1.15. The zero-order chi connectivity index (χ0) is 19.8. The second-order valence-electron chi connectivity index (χ2n) is 6.39. The van der Waals surface area contributed by atoms with Gasteiger partial charge in [-0.2, -0.15) is 5.10 Å². The van der Waals surface area contributed by atoms with E-state index < -0.39 is 9.84 Å². The molecule has 0 fully saturated rings. The molecule has 2 aromatic carbocycles. The Morgan fingerprint density at radius 2 is 2.00 bits per heavy atom. The summed E-state index contributed by atoms with van der Waals surface area (Å²) in [7, 11) is 0.0979. The number of sulfone groups is 1. The van der Waals surface area contributed by atoms with Crippen molar-refractivity contribution < 1.29 is 13.2 Å². The number of aromatic nitrogens is 2. The first kappa shape index (κ1) is 18.9. The largest absolute Gasteiger partial charge is 0.495 e. The zero-order valence-corrected chi connectivity index (χ0v) is 16.8. The fraction of sp³-hybridized carbons (Fsp3) is 0.263. The van der Waals surface area contributed by atoms with Crippen LogP contribution in [0.25, 0.3) is 10.9 Å². The van der Waals surface area contributed by atoms with Crippen molar-refractivity contribution in [2.75, 3.05) is 18.7 Å². The molecule has 8 heteroatoms. The third-order valence-electron chi connectivity index (χ3n) is 4.30. The minimum Gasteiger partial charge on any atom is -0.495 e. The fourth-order valence-corrected chi connectivity index (χ4v) is 3.52. The fourth-order valence-electron chi connectivity index (χ4n) is 2.88. The number of nitrogens with one attached hydrogen (secondary N) is 1. The number of hydrogen-bond acceptors (Lipinski definition) is 5. The van der Waals surface area contributed by atoms with Gasteiger partial charge in [-0.25, -0.2) is 13.4 Å². The summed E-state index contributed by atoms with van der Waals surface area (Å²) in [4.78, 5) is 4.92. The average Bonchev–Trinajstić information content (AvgIpc) is 2.98. The molecule has 142 valence electrons. The van der Waals surface area contributed by atoms with E-state index in [0.717, 1.165) is 22.2 Å². The Bertz CT molecular complexity index is 1150. The number of fused-ring (bicyclic) bond motifs is 1. The highest BCUT2D eigenvalue weighted by Gasteiger charge is 2.13. The summed E-state index contributed by atoms with van der Waals surface area (Å²) in [6.07, 6.45) is 2.96. The van der Waals surface area contributed by atoms with Gasteiger partial charge in [0.25, 0.3) is 0 Å². The molecule has 0 aliphatic carbocycles. The zero-order valence-electron chi connectivity index (χ0n) is 15.9. The molecule has 0 saturated heterocycles. The van der Waals surface area contributed by atoms with Crippen molar-refractivity contribution in [2.24, 2.45) is 12.0 Å². The van der Waals surface area contributed by atoms with Crippen molar-refractivity contribution in [2.45, 2.75) is 18.7 Å². The van der Waals surface area contributed by atoms with Crippen LogP contribution in [-0.4, -0.2) is 37.4 Å². The van der Waals surface area contributed by atoms with Crippen LogP contribution in [0, 0.1) is 6.92 Å². The van der Waals surface area contributed by atoms with Gasteiger partial charge in [0.05, 0.1) is 35.1 Å². The van der Waals surface area contributed by atoms with Crippen LogP contribution in [0.1, 0.15) is 12.5 Å². The monoisotopic (exact) mass is 386 g/mol. The molecule has 1 N–H and O–H groups in total. The van der Waals surface area contributed by atoms with E-state index in [1.54, 1.807) is 23.0 Å². The molecule has 0 aliphatic heterocycles. The lowest BCUT2D eigenvalue weighted by atomic mass is 10.1. The Hall–Kier alpha value is -2.87. The summed E-state index contributed by atoms with van der Waals surface area (Å²) >= 11 is 0. The predicted octanol–water partition coefficient (Wildman–Crippen LogP) is 3.46. The van der Waals surface area contributed by atoms with E-state index in [4.69, 9.17) is 9.73 Å². The molecule has 3 aromatic rings. The van der Waals surface area contributed by atoms with Gasteiger partial charge in [-0.05, 0) is 43.7 Å². The summed E-state index contributed by atoms with van der Waals surface area (Å²) in [5, 5.41) is 8.40. The molecule has 0 spiro atoms. The molecule has 7 nitrogen and oxygen atoms in total. The molecule has 0 aliphatic rings. The van der Waals surface area contributed by atoms with Gasteiger partial charge in [0.1, 0.15) is 11.6 Å². The second kappa shape index (κ2) is 7.03. The van der Waals surface area contributed by atoms with Gasteiger partial charge in [-0.1, -0.05) is 6.07 Å². The maximum Gasteiger partial charge on any atom is 0.175 e. The van der Waals surface area contributed by atoms with E-state index in [9.17, 15) is 8.42 Å². The van der Waals surface area contributed by atoms with Crippen LogP contribution in [-0.2, 0) is 16.9 Å². The molecule has 3 rings (SSSR count). The van der Waals surface area contributed by atoms with Crippen LogP contribution in [0.5, 0.6) is 5.75 Å². The Kier molecular flexibility index (Phi) is 4.93. The lowest BCUT2D eigenvalue weighted by molar-refractivity contribution is 0.416. The van der Waals surface area contributed by atoms with Crippen molar-refractivity contribution in [1.82, 2.24) is 9.78 Å². The Balaban J connectivity index is 2.03. The van der Waals surface area contributed by atoms with Gasteiger partial charge in [-0.15, -0.1) is 0 Å². The molecule has 1 heterocycles. The highest BCUT2D eigenvalue weighted by Crippen LogP contribution is 2.31. The van der Waals surface area contributed by atoms with Gasteiger partial charge in [0.2, 0.25) is 0 Å². The summed E-state index contributed by atoms with van der Waals surface area (Å²) in [6.45, 7) is 3.81. The third kappa shape index (κ3) is 3.80. The lowest BCUT2D eigenvalue weighted by Crippen LogP contribution is -2.09.